The van der Waals surface area contributed by atoms with Crippen LogP contribution < -0.4 is 19.9 Å². The van der Waals surface area contributed by atoms with Crippen LogP contribution in [0, 0.1) is 12.9 Å². The first-order valence-corrected chi connectivity index (χ1v) is 12.7. The van der Waals surface area contributed by atoms with E-state index in [0.29, 0.717) is 42.6 Å². The molecule has 1 fully saturated rings. The molecule has 0 spiro atoms. The second kappa shape index (κ2) is 9.86. The van der Waals surface area contributed by atoms with E-state index < -0.39 is 17.6 Å². The number of aryl methyl sites for hydroxylation is 1. The monoisotopic (exact) mass is 526 g/mol. The highest BCUT2D eigenvalue weighted by Gasteiger charge is 2.34. The molecule has 2 aromatic carbocycles. The molecule has 2 aliphatic heterocycles. The van der Waals surface area contributed by atoms with Gasteiger partial charge in [0.1, 0.15) is 18.1 Å². The third kappa shape index (κ3) is 4.58. The van der Waals surface area contributed by atoms with Crippen molar-refractivity contribution < 1.29 is 18.7 Å². The molecule has 1 atom stereocenters. The van der Waals surface area contributed by atoms with Crippen molar-refractivity contribution in [1.82, 2.24) is 14.8 Å². The fourth-order valence-corrected chi connectivity index (χ4v) is 5.27. The maximum absolute atomic E-state index is 13.3. The van der Waals surface area contributed by atoms with Crippen molar-refractivity contribution in [3.63, 3.8) is 0 Å². The van der Waals surface area contributed by atoms with Crippen molar-refractivity contribution in [2.45, 2.75) is 13.0 Å². The summed E-state index contributed by atoms with van der Waals surface area (Å²) in [7, 11) is 1.79. The lowest BCUT2D eigenvalue weighted by molar-refractivity contribution is -0.112. The first kappa shape index (κ1) is 24.6. The van der Waals surface area contributed by atoms with Gasteiger partial charge < -0.3 is 24.4 Å². The first-order valence-electron chi connectivity index (χ1n) is 12.7. The van der Waals surface area contributed by atoms with Crippen molar-refractivity contribution in [1.29, 1.82) is 0 Å². The van der Waals surface area contributed by atoms with Crippen LogP contribution in [0.25, 0.3) is 11.1 Å². The summed E-state index contributed by atoms with van der Waals surface area (Å²) in [6.45, 7) is 4.43. The van der Waals surface area contributed by atoms with Crippen LogP contribution in [-0.2, 0) is 11.8 Å². The summed E-state index contributed by atoms with van der Waals surface area (Å²) in [5.74, 6) is -0.647. The number of hydrogen-bond acceptors (Lipinski definition) is 7. The molecule has 0 aliphatic carbocycles. The van der Waals surface area contributed by atoms with Gasteiger partial charge in [0.2, 0.25) is 5.95 Å². The lowest BCUT2D eigenvalue weighted by atomic mass is 10.0. The lowest BCUT2D eigenvalue weighted by Crippen LogP contribution is -2.57. The number of carbonyl (C=O) groups excluding carboxylic acids is 2. The highest BCUT2D eigenvalue weighted by Crippen LogP contribution is 2.38. The van der Waals surface area contributed by atoms with Gasteiger partial charge in [0.05, 0.1) is 11.7 Å². The number of Topliss-reactive ketones (excluding diaryl/α,β-unsaturated/α-hetero) is 1. The van der Waals surface area contributed by atoms with Gasteiger partial charge in [0.15, 0.2) is 5.82 Å². The summed E-state index contributed by atoms with van der Waals surface area (Å²) in [5.41, 5.74) is 4.23. The second-order valence-corrected chi connectivity index (χ2v) is 9.76. The molecular formula is C29H27FN6O3. The molecule has 9 nitrogen and oxygen atoms in total. The normalized spacial score (nSPS) is 16.2. The number of nitrogens with one attached hydrogen (secondary N) is 1. The molecule has 0 bridgehead atoms. The number of benzene rings is 2. The first-order chi connectivity index (χ1) is 18.9. The third-order valence-electron chi connectivity index (χ3n) is 7.36. The Hall–Kier alpha value is -4.73. The van der Waals surface area contributed by atoms with Gasteiger partial charge in [0.25, 0.3) is 11.7 Å². The number of halogens is 1. The predicted molar refractivity (Wildman–Crippen MR) is 146 cm³/mol. The molecule has 0 radical (unpaired) electrons. The van der Waals surface area contributed by atoms with E-state index in [-0.39, 0.29) is 6.04 Å². The van der Waals surface area contributed by atoms with Crippen molar-refractivity contribution >= 4 is 28.9 Å². The van der Waals surface area contributed by atoms with Gasteiger partial charge in [-0.05, 0) is 42.8 Å². The Kier molecular flexibility index (Phi) is 6.22. The molecule has 198 valence electrons. The van der Waals surface area contributed by atoms with Crippen molar-refractivity contribution in [3.8, 4) is 16.9 Å². The van der Waals surface area contributed by atoms with E-state index in [1.54, 1.807) is 29.8 Å². The summed E-state index contributed by atoms with van der Waals surface area (Å²) in [5, 5.41) is 10.2. The zero-order chi connectivity index (χ0) is 27.1. The number of fused-ring (bicyclic) bond motifs is 3. The summed E-state index contributed by atoms with van der Waals surface area (Å²) < 4.78 is 21.0. The number of amides is 1. The lowest BCUT2D eigenvalue weighted by Gasteiger charge is -2.45. The van der Waals surface area contributed by atoms with Gasteiger partial charge in [-0.25, -0.2) is 0 Å². The molecule has 39 heavy (non-hydrogen) atoms. The van der Waals surface area contributed by atoms with Crippen LogP contribution in [0.15, 0.2) is 66.7 Å². The molecule has 4 aromatic rings. The molecule has 2 aromatic heterocycles. The number of ether oxygens (including phenoxy) is 1. The number of nitrogens with zero attached hydrogens (tertiary/aromatic N) is 5. The van der Waals surface area contributed by atoms with Crippen LogP contribution in [0.1, 0.15) is 16.2 Å². The third-order valence-corrected chi connectivity index (χ3v) is 7.36. The molecule has 0 saturated carbocycles. The molecule has 1 saturated heterocycles. The fourth-order valence-electron chi connectivity index (χ4n) is 5.27. The minimum Gasteiger partial charge on any atom is -0.489 e. The van der Waals surface area contributed by atoms with E-state index >= 15 is 0 Å². The highest BCUT2D eigenvalue weighted by atomic mass is 19.1. The number of hydrogen-bond donors (Lipinski definition) is 1. The van der Waals surface area contributed by atoms with E-state index in [2.05, 4.69) is 25.3 Å². The van der Waals surface area contributed by atoms with Gasteiger partial charge in [0, 0.05) is 49.7 Å². The highest BCUT2D eigenvalue weighted by molar-refractivity contribution is 6.47. The Bertz CT molecular complexity index is 1550. The van der Waals surface area contributed by atoms with Crippen LogP contribution in [0.3, 0.4) is 0 Å². The van der Waals surface area contributed by atoms with Crippen LogP contribution in [-0.4, -0.2) is 58.7 Å². The maximum Gasteiger partial charge on any atom is 0.298 e. The quantitative estimate of drug-likeness (QED) is 0.312. The molecule has 10 heteroatoms. The van der Waals surface area contributed by atoms with E-state index in [0.717, 1.165) is 29.1 Å². The summed E-state index contributed by atoms with van der Waals surface area (Å²) >= 11 is 0. The number of ketones is 1. The average Bonchev–Trinajstić information content (AvgIpc) is 3.26. The second-order valence-electron chi connectivity index (χ2n) is 9.76. The number of aromatic nitrogens is 3. The molecule has 2 aliphatic rings. The van der Waals surface area contributed by atoms with Crippen LogP contribution in [0.2, 0.25) is 0 Å². The van der Waals surface area contributed by atoms with Gasteiger partial charge in [-0.1, -0.05) is 30.3 Å². The number of carbonyl (C=O) groups is 2. The molecule has 1 amide bonds. The maximum atomic E-state index is 13.3. The van der Waals surface area contributed by atoms with Gasteiger partial charge in [-0.3, -0.25) is 9.59 Å². The number of piperazine rings is 1. The Morgan fingerprint density at radius 2 is 1.85 bits per heavy atom. The smallest absolute Gasteiger partial charge is 0.298 e. The predicted octanol–water partition coefficient (Wildman–Crippen LogP) is 3.84. The van der Waals surface area contributed by atoms with Crippen LogP contribution >= 0.6 is 0 Å². The van der Waals surface area contributed by atoms with E-state index in [1.165, 1.54) is 6.07 Å². The van der Waals surface area contributed by atoms with Crippen molar-refractivity contribution in [2.24, 2.45) is 7.05 Å². The molecular weight excluding hydrogens is 499 g/mol. The summed E-state index contributed by atoms with van der Waals surface area (Å²) in [6.07, 6.45) is 0. The minimum atomic E-state index is -0.712. The number of anilines is 3. The summed E-state index contributed by atoms with van der Waals surface area (Å²) in [4.78, 5) is 30.7. The minimum absolute atomic E-state index is 0.0807. The Morgan fingerprint density at radius 3 is 2.62 bits per heavy atom. The Morgan fingerprint density at radius 1 is 1.03 bits per heavy atom. The largest absolute Gasteiger partial charge is 0.489 e. The molecule has 1 N–H and O–H groups in total. The van der Waals surface area contributed by atoms with Crippen molar-refractivity contribution in [3.05, 3.63) is 84.1 Å². The zero-order valence-electron chi connectivity index (χ0n) is 21.6. The van der Waals surface area contributed by atoms with Gasteiger partial charge in [-0.15, -0.1) is 10.2 Å². The van der Waals surface area contributed by atoms with E-state index in [1.807, 2.05) is 49.4 Å². The molecule has 0 unspecified atom stereocenters. The van der Waals surface area contributed by atoms with Gasteiger partial charge in [-0.2, -0.15) is 4.39 Å². The van der Waals surface area contributed by atoms with Crippen molar-refractivity contribution in [2.75, 3.05) is 41.4 Å². The fraction of sp³-hybridized carbons (Fsp3) is 0.241. The molecule has 4 heterocycles. The van der Waals surface area contributed by atoms with Crippen LogP contribution in [0.4, 0.5) is 21.6 Å². The average molecular weight is 527 g/mol. The Balaban J connectivity index is 1.18. The zero-order valence-corrected chi connectivity index (χ0v) is 21.6. The summed E-state index contributed by atoms with van der Waals surface area (Å²) in [6, 6.07) is 19.9. The van der Waals surface area contributed by atoms with E-state index in [4.69, 9.17) is 4.74 Å². The van der Waals surface area contributed by atoms with Crippen LogP contribution in [0.5, 0.6) is 5.75 Å². The molecule has 6 rings (SSSR count). The Labute approximate surface area is 224 Å². The van der Waals surface area contributed by atoms with E-state index in [9.17, 15) is 14.0 Å². The van der Waals surface area contributed by atoms with Gasteiger partial charge >= 0.3 is 0 Å². The SMILES string of the molecule is Cc1cc(-c2ccccc2)c(C(=O)C(=O)Nc2ccc3c(c2)OC[C@@H]2CN(c4ccc(F)nn4)CCN32)n1C. The number of rotatable bonds is 5. The topological polar surface area (TPSA) is 92.6 Å². The standard InChI is InChI=1S/C29H27FN6O3/c1-18-14-22(19-6-4-3-5-7-19)27(34(18)2)28(37)29(38)31-20-8-9-23-24(15-20)39-17-21-16-35(12-13-36(21)23)26-11-10-25(30)32-33-26/h3-11,14-15,21H,12-13,16-17H2,1-2H3,(H,31,38)/t21-/m0/s1.